The lowest BCUT2D eigenvalue weighted by atomic mass is 9.98. The molecule has 5 rings (SSSR count). The molecule has 38 heavy (non-hydrogen) atoms. The molecule has 0 unspecified atom stereocenters. The lowest BCUT2D eigenvalue weighted by Gasteiger charge is -2.33. The first-order valence-corrected chi connectivity index (χ1v) is 14.9. The molecule has 0 spiro atoms. The van der Waals surface area contributed by atoms with Crippen molar-refractivity contribution in [3.8, 4) is 0 Å². The number of aliphatic imine (C=N–C) groups is 1. The maximum atomic E-state index is 13.2. The molecule has 1 N–H and O–H groups in total. The van der Waals surface area contributed by atoms with Gasteiger partial charge in [-0.05, 0) is 54.1 Å². The first kappa shape index (κ1) is 26.6. The third kappa shape index (κ3) is 5.85. The molecule has 12 heteroatoms. The number of thiophene rings is 1. The number of piperazine rings is 1. The van der Waals surface area contributed by atoms with Crippen molar-refractivity contribution < 1.29 is 23.1 Å². The van der Waals surface area contributed by atoms with Crippen LogP contribution in [0.15, 0.2) is 57.7 Å². The summed E-state index contributed by atoms with van der Waals surface area (Å²) >= 11 is 7.19. The highest BCUT2D eigenvalue weighted by Gasteiger charge is 2.34. The average Bonchev–Trinajstić information content (AvgIpc) is 3.34. The van der Waals surface area contributed by atoms with Crippen molar-refractivity contribution in [1.29, 1.82) is 0 Å². The molecule has 1 amide bonds. The Balaban J connectivity index is 1.16. The Hall–Kier alpha value is -2.99. The fraction of sp³-hybridized carbons (Fsp3) is 0.346. The van der Waals surface area contributed by atoms with Crippen LogP contribution >= 0.6 is 22.9 Å². The van der Waals surface area contributed by atoms with Crippen molar-refractivity contribution in [2.75, 3.05) is 32.7 Å². The van der Waals surface area contributed by atoms with Gasteiger partial charge < -0.3 is 14.9 Å². The minimum atomic E-state index is -3.78. The number of nitrogens with zero attached hydrogens (tertiary/aromatic N) is 4. The second-order valence-electron chi connectivity index (χ2n) is 9.46. The minimum Gasteiger partial charge on any atom is -0.481 e. The smallest absolute Gasteiger partial charge is 0.306 e. The number of sulfonamides is 1. The normalized spacial score (nSPS) is 18.1. The molecule has 2 aromatic carbocycles. The number of fused-ring (bicyclic) bond motifs is 1. The van der Waals surface area contributed by atoms with Gasteiger partial charge >= 0.3 is 5.97 Å². The van der Waals surface area contributed by atoms with Crippen molar-refractivity contribution in [1.82, 2.24) is 14.1 Å². The van der Waals surface area contributed by atoms with Gasteiger partial charge in [0.1, 0.15) is 4.21 Å². The van der Waals surface area contributed by atoms with Crippen LogP contribution in [0.4, 0.5) is 5.69 Å². The Morgan fingerprint density at radius 3 is 2.50 bits per heavy atom. The van der Waals surface area contributed by atoms with Gasteiger partial charge in [0.25, 0.3) is 10.0 Å². The van der Waals surface area contributed by atoms with Crippen LogP contribution in [0.5, 0.6) is 0 Å². The highest BCUT2D eigenvalue weighted by atomic mass is 35.5. The summed E-state index contributed by atoms with van der Waals surface area (Å²) in [7, 11) is -3.78. The van der Waals surface area contributed by atoms with E-state index >= 15 is 0 Å². The second kappa shape index (κ2) is 11.0. The minimum absolute atomic E-state index is 0.196. The van der Waals surface area contributed by atoms with Gasteiger partial charge in [-0.2, -0.15) is 4.31 Å². The van der Waals surface area contributed by atoms with E-state index in [1.165, 1.54) is 4.31 Å². The molecule has 0 bridgehead atoms. The van der Waals surface area contributed by atoms with Crippen molar-refractivity contribution in [2.45, 2.75) is 23.6 Å². The lowest BCUT2D eigenvalue weighted by molar-refractivity contribution is -0.143. The van der Waals surface area contributed by atoms with Gasteiger partial charge in [0.05, 0.1) is 24.5 Å². The highest BCUT2D eigenvalue weighted by molar-refractivity contribution is 7.91. The number of benzene rings is 2. The molecule has 1 aromatic heterocycles. The monoisotopic (exact) mass is 574 g/mol. The van der Waals surface area contributed by atoms with Crippen LogP contribution in [0, 0.1) is 5.92 Å². The molecule has 200 valence electrons. The zero-order valence-electron chi connectivity index (χ0n) is 20.5. The van der Waals surface area contributed by atoms with Crippen molar-refractivity contribution in [3.05, 3.63) is 59.1 Å². The molecule has 0 radical (unpaired) electrons. The van der Waals surface area contributed by atoms with Crippen LogP contribution in [-0.4, -0.2) is 78.6 Å². The number of carboxylic acids is 1. The molecule has 2 fully saturated rings. The fourth-order valence-corrected chi connectivity index (χ4v) is 7.82. The van der Waals surface area contributed by atoms with E-state index in [4.69, 9.17) is 16.7 Å². The van der Waals surface area contributed by atoms with E-state index in [0.717, 1.165) is 32.7 Å². The van der Waals surface area contributed by atoms with Gasteiger partial charge in [0.2, 0.25) is 5.91 Å². The molecule has 2 aliphatic heterocycles. The number of carbonyl (C=O) groups excluding carboxylic acids is 1. The number of likely N-dealkylation sites (tertiary alicyclic amines) is 1. The molecule has 3 aromatic rings. The van der Waals surface area contributed by atoms with Crippen molar-refractivity contribution in [3.63, 3.8) is 0 Å². The van der Waals surface area contributed by atoms with Crippen LogP contribution in [0.3, 0.4) is 0 Å². The Morgan fingerprint density at radius 2 is 1.82 bits per heavy atom. The summed E-state index contributed by atoms with van der Waals surface area (Å²) in [5, 5.41) is 10.5. The van der Waals surface area contributed by atoms with E-state index < -0.39 is 16.0 Å². The van der Waals surface area contributed by atoms with E-state index in [1.54, 1.807) is 35.5 Å². The maximum absolute atomic E-state index is 13.2. The summed E-state index contributed by atoms with van der Waals surface area (Å²) in [5.74, 6) is -1.25. The SMILES string of the molecule is O=C(O)C1CCN(C=Nc2ccc(CN3CCN(S(=O)(=O)c4cc5ccc(Cl)cc5s4)CC3=O)cc2)CC1. The summed E-state index contributed by atoms with van der Waals surface area (Å²) in [6.45, 7) is 2.06. The van der Waals surface area contributed by atoms with E-state index in [-0.39, 0.29) is 29.1 Å². The molecule has 9 nitrogen and oxygen atoms in total. The largest absolute Gasteiger partial charge is 0.481 e. The Kier molecular flexibility index (Phi) is 7.71. The number of amides is 1. The number of halogens is 1. The molecule has 0 saturated carbocycles. The van der Waals surface area contributed by atoms with Crippen LogP contribution in [0.25, 0.3) is 10.1 Å². The molecule has 3 heterocycles. The summed E-state index contributed by atoms with van der Waals surface area (Å²) in [4.78, 5) is 32.1. The summed E-state index contributed by atoms with van der Waals surface area (Å²) < 4.78 is 28.6. The maximum Gasteiger partial charge on any atom is 0.306 e. The van der Waals surface area contributed by atoms with Gasteiger partial charge in [-0.1, -0.05) is 29.8 Å². The average molecular weight is 575 g/mol. The Labute approximate surface area is 230 Å². The topological polar surface area (TPSA) is 111 Å². The molecule has 2 saturated heterocycles. The van der Waals surface area contributed by atoms with E-state index in [1.807, 2.05) is 29.2 Å². The van der Waals surface area contributed by atoms with Gasteiger partial charge in [-0.25, -0.2) is 13.4 Å². The number of hydrogen-bond donors (Lipinski definition) is 1. The van der Waals surface area contributed by atoms with Crippen molar-refractivity contribution in [2.24, 2.45) is 10.9 Å². The number of piperidine rings is 1. The highest BCUT2D eigenvalue weighted by Crippen LogP contribution is 2.33. The quantitative estimate of drug-likeness (QED) is 0.337. The summed E-state index contributed by atoms with van der Waals surface area (Å²) in [6, 6.07) is 14.4. The lowest BCUT2D eigenvalue weighted by Crippen LogP contribution is -2.51. The Bertz CT molecular complexity index is 1480. The third-order valence-corrected chi connectivity index (χ3v) is 10.5. The van der Waals surface area contributed by atoms with Gasteiger partial charge in [-0.3, -0.25) is 9.59 Å². The first-order chi connectivity index (χ1) is 18.2. The fourth-order valence-electron chi connectivity index (χ4n) is 4.61. The zero-order valence-corrected chi connectivity index (χ0v) is 22.9. The summed E-state index contributed by atoms with van der Waals surface area (Å²) in [6.07, 6.45) is 2.98. The van der Waals surface area contributed by atoms with Crippen LogP contribution in [0.1, 0.15) is 18.4 Å². The van der Waals surface area contributed by atoms with E-state index in [2.05, 4.69) is 4.99 Å². The molecule has 0 atom stereocenters. The number of aliphatic carboxylic acids is 1. The van der Waals surface area contributed by atoms with E-state index in [9.17, 15) is 18.0 Å². The molecular weight excluding hydrogens is 548 g/mol. The van der Waals surface area contributed by atoms with Crippen LogP contribution < -0.4 is 0 Å². The zero-order chi connectivity index (χ0) is 26.9. The number of carbonyl (C=O) groups is 2. The predicted octanol–water partition coefficient (Wildman–Crippen LogP) is 4.04. The van der Waals surface area contributed by atoms with Gasteiger partial charge in [0.15, 0.2) is 0 Å². The number of hydrogen-bond acceptors (Lipinski definition) is 6. The van der Waals surface area contributed by atoms with Crippen LogP contribution in [0.2, 0.25) is 5.02 Å². The standard InChI is InChI=1S/C26H27ClN4O5S2/c27-21-4-3-20-13-25(37-23(20)14-21)38(35,36)31-12-11-30(24(32)16-31)15-18-1-5-22(6-2-18)28-17-29-9-7-19(8-10-29)26(33)34/h1-6,13-14,17,19H,7-12,15-16H2,(H,33,34). The van der Waals surface area contributed by atoms with Crippen LogP contribution in [-0.2, 0) is 26.2 Å². The Morgan fingerprint density at radius 1 is 1.08 bits per heavy atom. The molecule has 2 aliphatic rings. The van der Waals surface area contributed by atoms with Gasteiger partial charge in [0, 0.05) is 42.4 Å². The van der Waals surface area contributed by atoms with E-state index in [0.29, 0.717) is 44.0 Å². The first-order valence-electron chi connectivity index (χ1n) is 12.3. The molecular formula is C26H27ClN4O5S2. The van der Waals surface area contributed by atoms with Crippen molar-refractivity contribution >= 4 is 66.9 Å². The molecule has 0 aliphatic carbocycles. The second-order valence-corrected chi connectivity index (χ2v) is 13.1. The number of rotatable bonds is 7. The van der Waals surface area contributed by atoms with Gasteiger partial charge in [-0.15, -0.1) is 11.3 Å². The number of carboxylic acid groups (broad SMARTS) is 1. The third-order valence-electron chi connectivity index (χ3n) is 6.90. The predicted molar refractivity (Wildman–Crippen MR) is 148 cm³/mol. The summed E-state index contributed by atoms with van der Waals surface area (Å²) in [5.41, 5.74) is 1.69.